The molecule has 0 amide bonds. The fraction of sp³-hybridized carbons (Fsp3) is 0.500. The molecule has 0 bridgehead atoms. The molecule has 0 radical (unpaired) electrons. The zero-order chi connectivity index (χ0) is 14.7. The molecule has 1 unspecified atom stereocenters. The Morgan fingerprint density at radius 2 is 2.19 bits per heavy atom. The van der Waals surface area contributed by atoms with Gasteiger partial charge in [0.05, 0.1) is 17.8 Å². The van der Waals surface area contributed by atoms with Gasteiger partial charge in [0.25, 0.3) is 0 Å². The normalized spacial score (nSPS) is 19.6. The van der Waals surface area contributed by atoms with Gasteiger partial charge >= 0.3 is 0 Å². The molecular formula is C14H19N5OS. The average Bonchev–Trinajstić information content (AvgIpc) is 3.00. The monoisotopic (exact) mass is 305 g/mol. The number of ether oxygens (including phenoxy) is 1. The Bertz CT molecular complexity index is 575. The van der Waals surface area contributed by atoms with Crippen molar-refractivity contribution in [1.82, 2.24) is 19.9 Å². The molecule has 1 aliphatic heterocycles. The van der Waals surface area contributed by atoms with Crippen LogP contribution in [0, 0.1) is 0 Å². The summed E-state index contributed by atoms with van der Waals surface area (Å²) in [5, 5.41) is 2.10. The lowest BCUT2D eigenvalue weighted by molar-refractivity contribution is -0.0351. The zero-order valence-corrected chi connectivity index (χ0v) is 13.1. The van der Waals surface area contributed by atoms with Gasteiger partial charge in [-0.3, -0.25) is 9.88 Å². The Hall–Kier alpha value is -1.57. The Kier molecular flexibility index (Phi) is 4.42. The molecule has 1 fully saturated rings. The molecule has 0 aromatic carbocycles. The van der Waals surface area contributed by atoms with E-state index in [9.17, 15) is 0 Å². The second-order valence-corrected chi connectivity index (χ2v) is 5.95. The molecule has 2 aromatic rings. The summed E-state index contributed by atoms with van der Waals surface area (Å²) in [6, 6.07) is 0. The lowest BCUT2D eigenvalue weighted by Gasteiger charge is -2.33. The number of nitrogens with zero attached hydrogens (tertiary/aromatic N) is 5. The van der Waals surface area contributed by atoms with E-state index in [-0.39, 0.29) is 6.10 Å². The molecule has 1 aliphatic rings. The van der Waals surface area contributed by atoms with Gasteiger partial charge in [0.2, 0.25) is 0 Å². The summed E-state index contributed by atoms with van der Waals surface area (Å²) in [6.07, 6.45) is 3.41. The maximum atomic E-state index is 5.92. The molecule has 1 atom stereocenters. The Balaban J connectivity index is 1.74. The van der Waals surface area contributed by atoms with E-state index < -0.39 is 0 Å². The van der Waals surface area contributed by atoms with Gasteiger partial charge in [-0.15, -0.1) is 11.3 Å². The van der Waals surface area contributed by atoms with Crippen LogP contribution in [0.15, 0.2) is 23.3 Å². The van der Waals surface area contributed by atoms with E-state index in [0.29, 0.717) is 6.61 Å². The second-order valence-electron chi connectivity index (χ2n) is 5.23. The summed E-state index contributed by atoms with van der Waals surface area (Å²) < 4.78 is 5.92. The highest BCUT2D eigenvalue weighted by Crippen LogP contribution is 2.27. The maximum Gasteiger partial charge on any atom is 0.152 e. The maximum absolute atomic E-state index is 5.92. The lowest BCUT2D eigenvalue weighted by Crippen LogP contribution is -2.38. The molecule has 21 heavy (non-hydrogen) atoms. The van der Waals surface area contributed by atoms with E-state index in [1.165, 1.54) is 0 Å². The number of thiazole rings is 1. The van der Waals surface area contributed by atoms with E-state index in [0.717, 1.165) is 36.8 Å². The minimum Gasteiger partial charge on any atom is -0.369 e. The van der Waals surface area contributed by atoms with Gasteiger partial charge in [-0.25, -0.2) is 9.97 Å². The van der Waals surface area contributed by atoms with Crippen LogP contribution in [0.1, 0.15) is 17.5 Å². The van der Waals surface area contributed by atoms with Gasteiger partial charge in [-0.05, 0) is 0 Å². The highest BCUT2D eigenvalue weighted by Gasteiger charge is 2.26. The van der Waals surface area contributed by atoms with Crippen LogP contribution < -0.4 is 4.90 Å². The van der Waals surface area contributed by atoms with Crippen LogP contribution in [0.5, 0.6) is 0 Å². The van der Waals surface area contributed by atoms with Crippen LogP contribution in [-0.4, -0.2) is 53.6 Å². The highest BCUT2D eigenvalue weighted by molar-refractivity contribution is 7.07. The highest BCUT2D eigenvalue weighted by atomic mass is 32.1. The van der Waals surface area contributed by atoms with E-state index in [1.54, 1.807) is 23.7 Å². The summed E-state index contributed by atoms with van der Waals surface area (Å²) in [5.41, 5.74) is 3.90. The fourth-order valence-electron chi connectivity index (χ4n) is 2.47. The molecule has 1 saturated heterocycles. The molecule has 3 heterocycles. The Morgan fingerprint density at radius 3 is 2.95 bits per heavy atom. The number of rotatable bonds is 4. The van der Waals surface area contributed by atoms with Crippen LogP contribution in [0.4, 0.5) is 5.82 Å². The summed E-state index contributed by atoms with van der Waals surface area (Å²) in [6.45, 7) is 3.31. The molecule has 112 valence electrons. The van der Waals surface area contributed by atoms with Crippen LogP contribution in [0.2, 0.25) is 0 Å². The molecule has 0 saturated carbocycles. The number of morpholine rings is 1. The van der Waals surface area contributed by atoms with Crippen LogP contribution in [-0.2, 0) is 11.3 Å². The zero-order valence-electron chi connectivity index (χ0n) is 12.3. The first-order chi connectivity index (χ1) is 10.2. The molecule has 2 aromatic heterocycles. The van der Waals surface area contributed by atoms with Crippen molar-refractivity contribution in [2.75, 3.05) is 38.7 Å². The van der Waals surface area contributed by atoms with Gasteiger partial charge < -0.3 is 9.64 Å². The van der Waals surface area contributed by atoms with Crippen molar-refractivity contribution in [2.45, 2.75) is 12.6 Å². The van der Waals surface area contributed by atoms with Crippen molar-refractivity contribution in [1.29, 1.82) is 0 Å². The van der Waals surface area contributed by atoms with E-state index >= 15 is 0 Å². The molecule has 3 rings (SSSR count). The summed E-state index contributed by atoms with van der Waals surface area (Å²) in [7, 11) is 3.95. The van der Waals surface area contributed by atoms with Crippen molar-refractivity contribution in [3.05, 3.63) is 34.7 Å². The fourth-order valence-corrected chi connectivity index (χ4v) is 3.02. The topological polar surface area (TPSA) is 54.4 Å². The van der Waals surface area contributed by atoms with Gasteiger partial charge in [0, 0.05) is 51.5 Å². The smallest absolute Gasteiger partial charge is 0.152 e. The number of hydrogen-bond donors (Lipinski definition) is 0. The number of aromatic nitrogens is 3. The predicted molar refractivity (Wildman–Crippen MR) is 82.4 cm³/mol. The lowest BCUT2D eigenvalue weighted by atomic mass is 10.2. The number of anilines is 1. The van der Waals surface area contributed by atoms with Crippen molar-refractivity contribution in [3.8, 4) is 0 Å². The average molecular weight is 305 g/mol. The third kappa shape index (κ3) is 3.37. The van der Waals surface area contributed by atoms with Crippen molar-refractivity contribution in [2.24, 2.45) is 0 Å². The minimum atomic E-state index is -0.0384. The Labute approximate surface area is 128 Å². The van der Waals surface area contributed by atoms with Gasteiger partial charge in [-0.2, -0.15) is 0 Å². The quantitative estimate of drug-likeness (QED) is 0.855. The second kappa shape index (κ2) is 6.46. The third-order valence-corrected chi connectivity index (χ3v) is 4.09. The summed E-state index contributed by atoms with van der Waals surface area (Å²) >= 11 is 1.63. The number of hydrogen-bond acceptors (Lipinski definition) is 7. The molecule has 6 nitrogen and oxygen atoms in total. The summed E-state index contributed by atoms with van der Waals surface area (Å²) in [4.78, 5) is 17.6. The van der Waals surface area contributed by atoms with E-state index in [1.807, 2.05) is 24.5 Å². The molecular weight excluding hydrogens is 286 g/mol. The first-order valence-electron chi connectivity index (χ1n) is 6.93. The first kappa shape index (κ1) is 14.4. The van der Waals surface area contributed by atoms with Crippen LogP contribution in [0.25, 0.3) is 0 Å². The largest absolute Gasteiger partial charge is 0.369 e. The van der Waals surface area contributed by atoms with Crippen LogP contribution >= 0.6 is 11.3 Å². The molecule has 7 heteroatoms. The molecule has 0 N–H and O–H groups in total. The van der Waals surface area contributed by atoms with E-state index in [2.05, 4.69) is 25.2 Å². The van der Waals surface area contributed by atoms with Gasteiger partial charge in [0.15, 0.2) is 5.82 Å². The molecule has 0 spiro atoms. The Morgan fingerprint density at radius 1 is 1.33 bits per heavy atom. The third-order valence-electron chi connectivity index (χ3n) is 3.45. The SMILES string of the molecule is CN(C)c1nccnc1C1CN(Cc2cscn2)CCO1. The van der Waals surface area contributed by atoms with Crippen molar-refractivity contribution in [3.63, 3.8) is 0 Å². The van der Waals surface area contributed by atoms with Crippen molar-refractivity contribution >= 4 is 17.2 Å². The molecule has 0 aliphatic carbocycles. The van der Waals surface area contributed by atoms with E-state index in [4.69, 9.17) is 4.74 Å². The van der Waals surface area contributed by atoms with Crippen LogP contribution in [0.3, 0.4) is 0 Å². The predicted octanol–water partition coefficient (Wildman–Crippen LogP) is 1.57. The standard InChI is InChI=1S/C14H19N5OS/c1-18(2)14-13(15-3-4-16-14)12-8-19(5-6-20-12)7-11-9-21-10-17-11/h3-4,9-10,12H,5-8H2,1-2H3. The first-order valence-corrected chi connectivity index (χ1v) is 7.87. The van der Waals surface area contributed by atoms with Gasteiger partial charge in [0.1, 0.15) is 11.8 Å². The van der Waals surface area contributed by atoms with Gasteiger partial charge in [-0.1, -0.05) is 0 Å². The minimum absolute atomic E-state index is 0.0384. The van der Waals surface area contributed by atoms with Crippen molar-refractivity contribution < 1.29 is 4.74 Å². The summed E-state index contributed by atoms with van der Waals surface area (Å²) in [5.74, 6) is 0.873.